The van der Waals surface area contributed by atoms with Crippen molar-refractivity contribution in [3.63, 3.8) is 0 Å². The van der Waals surface area contributed by atoms with Gasteiger partial charge in [0, 0.05) is 55.8 Å². The van der Waals surface area contributed by atoms with Crippen LogP contribution in [0.2, 0.25) is 0 Å². The molecular weight excluding hydrogens is 695 g/mol. The van der Waals surface area contributed by atoms with Crippen LogP contribution in [0.4, 0.5) is 0 Å². The SMILES string of the molecule is CC1(c2nc(-c3ccccc3)cc(-c3ccccc3)n2)C=C(n2c3ccccc3c3cccc(-c4ccc5c(c4)c4cccnc4n5-c4ccccc4)c32)C=CC1. The number of para-hydroxylation sites is 3. The Morgan fingerprint density at radius 1 is 0.526 bits per heavy atom. The van der Waals surface area contributed by atoms with Gasteiger partial charge in [-0.05, 0) is 79.6 Å². The molecule has 0 aliphatic heterocycles. The van der Waals surface area contributed by atoms with Crippen LogP contribution in [-0.2, 0) is 5.41 Å². The van der Waals surface area contributed by atoms with E-state index in [4.69, 9.17) is 15.0 Å². The summed E-state index contributed by atoms with van der Waals surface area (Å²) in [5.74, 6) is 0.805. The Morgan fingerprint density at radius 3 is 1.93 bits per heavy atom. The van der Waals surface area contributed by atoms with Gasteiger partial charge in [-0.25, -0.2) is 15.0 Å². The van der Waals surface area contributed by atoms with Crippen LogP contribution in [0.1, 0.15) is 19.2 Å². The summed E-state index contributed by atoms with van der Waals surface area (Å²) < 4.78 is 4.72. The Balaban J connectivity index is 1.12. The molecule has 4 aromatic heterocycles. The molecule has 1 aliphatic rings. The van der Waals surface area contributed by atoms with Crippen LogP contribution in [0.25, 0.3) is 88.8 Å². The van der Waals surface area contributed by atoms with E-state index >= 15 is 0 Å². The second-order valence-corrected chi connectivity index (χ2v) is 15.1. The van der Waals surface area contributed by atoms with Crippen LogP contribution in [0.5, 0.6) is 0 Å². The number of allylic oxidation sites excluding steroid dienone is 4. The fraction of sp³-hybridized carbons (Fsp3) is 0.0577. The Bertz CT molecular complexity index is 3150. The van der Waals surface area contributed by atoms with Crippen molar-refractivity contribution in [2.45, 2.75) is 18.8 Å². The van der Waals surface area contributed by atoms with Crippen LogP contribution < -0.4 is 0 Å². The topological polar surface area (TPSA) is 48.5 Å². The maximum atomic E-state index is 5.30. The third-order valence-electron chi connectivity index (χ3n) is 11.5. The number of benzene rings is 6. The van der Waals surface area contributed by atoms with Crippen molar-refractivity contribution in [3.05, 3.63) is 200 Å². The van der Waals surface area contributed by atoms with Gasteiger partial charge in [-0.3, -0.25) is 4.57 Å². The first-order valence-electron chi connectivity index (χ1n) is 19.5. The van der Waals surface area contributed by atoms with Crippen LogP contribution in [0.15, 0.2) is 194 Å². The van der Waals surface area contributed by atoms with Crippen molar-refractivity contribution < 1.29 is 0 Å². The maximum Gasteiger partial charge on any atom is 0.145 e. The molecule has 270 valence electrons. The lowest BCUT2D eigenvalue weighted by molar-refractivity contribution is 0.557. The van der Waals surface area contributed by atoms with Gasteiger partial charge in [0.2, 0.25) is 0 Å². The lowest BCUT2D eigenvalue weighted by Gasteiger charge is -2.29. The molecule has 6 aromatic carbocycles. The van der Waals surface area contributed by atoms with Crippen molar-refractivity contribution in [1.82, 2.24) is 24.1 Å². The number of fused-ring (bicyclic) bond motifs is 6. The van der Waals surface area contributed by atoms with Gasteiger partial charge in [0.15, 0.2) is 0 Å². The Kier molecular flexibility index (Phi) is 7.61. The molecule has 0 saturated heterocycles. The molecule has 10 aromatic rings. The van der Waals surface area contributed by atoms with E-state index in [9.17, 15) is 0 Å². The Morgan fingerprint density at radius 2 is 1.18 bits per heavy atom. The molecular formula is C52H37N5. The van der Waals surface area contributed by atoms with Crippen molar-refractivity contribution >= 4 is 49.4 Å². The molecule has 11 rings (SSSR count). The summed E-state index contributed by atoms with van der Waals surface area (Å²) in [5, 5.41) is 4.74. The maximum absolute atomic E-state index is 5.30. The highest BCUT2D eigenvalue weighted by Crippen LogP contribution is 2.43. The molecule has 5 heteroatoms. The van der Waals surface area contributed by atoms with E-state index in [2.05, 4.69) is 186 Å². The molecule has 5 nitrogen and oxygen atoms in total. The molecule has 0 N–H and O–H groups in total. The van der Waals surface area contributed by atoms with E-state index in [0.717, 1.165) is 73.8 Å². The first kappa shape index (κ1) is 33.0. The summed E-state index contributed by atoms with van der Waals surface area (Å²) in [6, 6.07) is 60.0. The largest absolute Gasteiger partial charge is 0.309 e. The highest BCUT2D eigenvalue weighted by molar-refractivity contribution is 6.16. The van der Waals surface area contributed by atoms with Crippen LogP contribution in [0, 0.1) is 0 Å². The van der Waals surface area contributed by atoms with Crippen molar-refractivity contribution in [3.8, 4) is 39.3 Å². The number of nitrogens with zero attached hydrogens (tertiary/aromatic N) is 5. The Labute approximate surface area is 330 Å². The highest BCUT2D eigenvalue weighted by atomic mass is 15.0. The standard InChI is InChI=1S/C52H37N5/c1-52(51-54-45(35-16-5-2-6-17-35)33-46(55-51)36-18-7-3-8-19-36)30-14-22-39(34-52)56-47-27-12-11-23-41(47)42-25-13-24-40(49(42)56)37-28-29-48-44(32-37)43-26-15-31-53-50(43)57(48)38-20-9-4-10-21-38/h2-29,31-34H,30H2,1H3. The predicted octanol–water partition coefficient (Wildman–Crippen LogP) is 12.8. The second-order valence-electron chi connectivity index (χ2n) is 15.1. The van der Waals surface area contributed by atoms with Gasteiger partial charge in [0.25, 0.3) is 0 Å². The van der Waals surface area contributed by atoms with Gasteiger partial charge >= 0.3 is 0 Å². The molecule has 1 aliphatic carbocycles. The number of aromatic nitrogens is 5. The van der Waals surface area contributed by atoms with Crippen LogP contribution in [0.3, 0.4) is 0 Å². The van der Waals surface area contributed by atoms with Gasteiger partial charge in [-0.2, -0.15) is 0 Å². The number of pyridine rings is 1. The van der Waals surface area contributed by atoms with Gasteiger partial charge in [0.1, 0.15) is 11.5 Å². The molecule has 0 saturated carbocycles. The summed E-state index contributed by atoms with van der Waals surface area (Å²) in [7, 11) is 0. The number of hydrogen-bond donors (Lipinski definition) is 0. The average Bonchev–Trinajstić information content (AvgIpc) is 3.80. The van der Waals surface area contributed by atoms with Crippen LogP contribution >= 0.6 is 0 Å². The van der Waals surface area contributed by atoms with E-state index in [1.807, 2.05) is 24.4 Å². The fourth-order valence-corrected chi connectivity index (χ4v) is 8.74. The second kappa shape index (κ2) is 13.1. The first-order valence-corrected chi connectivity index (χ1v) is 19.5. The lowest BCUT2D eigenvalue weighted by atomic mass is 9.81. The minimum absolute atomic E-state index is 0.476. The average molecular weight is 732 g/mol. The smallest absolute Gasteiger partial charge is 0.145 e. The van der Waals surface area contributed by atoms with Gasteiger partial charge in [-0.1, -0.05) is 127 Å². The van der Waals surface area contributed by atoms with Crippen molar-refractivity contribution in [1.29, 1.82) is 0 Å². The van der Waals surface area contributed by atoms with Crippen molar-refractivity contribution in [2.75, 3.05) is 0 Å². The van der Waals surface area contributed by atoms with Gasteiger partial charge in [-0.15, -0.1) is 0 Å². The predicted molar refractivity (Wildman–Crippen MR) is 235 cm³/mol. The summed E-state index contributed by atoms with van der Waals surface area (Å²) in [4.78, 5) is 15.5. The van der Waals surface area contributed by atoms with E-state index in [1.54, 1.807) is 0 Å². The zero-order valence-corrected chi connectivity index (χ0v) is 31.4. The van der Waals surface area contributed by atoms with Crippen molar-refractivity contribution in [2.24, 2.45) is 0 Å². The van der Waals surface area contributed by atoms with E-state index < -0.39 is 5.41 Å². The minimum atomic E-state index is -0.476. The molecule has 1 atom stereocenters. The fourth-order valence-electron chi connectivity index (χ4n) is 8.74. The van der Waals surface area contributed by atoms with E-state index in [0.29, 0.717) is 0 Å². The molecule has 0 radical (unpaired) electrons. The summed E-state index contributed by atoms with van der Waals surface area (Å²) in [6.07, 6.45) is 9.61. The lowest BCUT2D eigenvalue weighted by Crippen LogP contribution is -2.25. The summed E-state index contributed by atoms with van der Waals surface area (Å²) in [6.45, 7) is 2.27. The van der Waals surface area contributed by atoms with E-state index in [1.165, 1.54) is 27.2 Å². The first-order chi connectivity index (χ1) is 28.1. The normalized spacial score (nSPS) is 15.5. The zero-order valence-electron chi connectivity index (χ0n) is 31.4. The third-order valence-corrected chi connectivity index (χ3v) is 11.5. The van der Waals surface area contributed by atoms with E-state index in [-0.39, 0.29) is 0 Å². The highest BCUT2D eigenvalue weighted by Gasteiger charge is 2.32. The molecule has 1 unspecified atom stereocenters. The molecule has 57 heavy (non-hydrogen) atoms. The third kappa shape index (κ3) is 5.42. The molecule has 0 spiro atoms. The monoisotopic (exact) mass is 731 g/mol. The summed E-state index contributed by atoms with van der Waals surface area (Å²) in [5.41, 5.74) is 12.5. The molecule has 0 fully saturated rings. The van der Waals surface area contributed by atoms with Gasteiger partial charge < -0.3 is 4.57 Å². The quantitative estimate of drug-likeness (QED) is 0.171. The Hall–Kier alpha value is -7.37. The molecule has 0 bridgehead atoms. The zero-order chi connectivity index (χ0) is 37.9. The number of rotatable bonds is 6. The molecule has 0 amide bonds. The van der Waals surface area contributed by atoms with Gasteiger partial charge in [0.05, 0.1) is 33.4 Å². The minimum Gasteiger partial charge on any atom is -0.309 e. The summed E-state index contributed by atoms with van der Waals surface area (Å²) >= 11 is 0. The number of hydrogen-bond acceptors (Lipinski definition) is 3. The van der Waals surface area contributed by atoms with Crippen LogP contribution in [-0.4, -0.2) is 24.1 Å². The molecule has 4 heterocycles.